The molecule has 1 heterocycles. The van der Waals surface area contributed by atoms with Crippen LogP contribution in [-0.4, -0.2) is 19.6 Å². The molecule has 0 amide bonds. The largest absolute Gasteiger partial charge is 0.367 e. The van der Waals surface area contributed by atoms with Gasteiger partial charge in [0.25, 0.3) is 0 Å². The van der Waals surface area contributed by atoms with Gasteiger partial charge in [-0.1, -0.05) is 37.3 Å². The zero-order valence-corrected chi connectivity index (χ0v) is 11.5. The number of hydrogen-bond donors (Lipinski definition) is 1. The molecule has 1 atom stereocenters. The molecule has 0 spiro atoms. The van der Waals surface area contributed by atoms with Gasteiger partial charge in [-0.05, 0) is 37.9 Å². The molecule has 98 valence electrons. The van der Waals surface area contributed by atoms with Crippen molar-refractivity contribution < 1.29 is 0 Å². The second kappa shape index (κ2) is 6.60. The molecular formula is C16H24N2. The van der Waals surface area contributed by atoms with Gasteiger partial charge in [-0.25, -0.2) is 0 Å². The zero-order chi connectivity index (χ0) is 12.8. The number of anilines is 1. The predicted octanol–water partition coefficient (Wildman–Crippen LogP) is 3.51. The number of nitrogens with one attached hydrogen (secondary N) is 1. The van der Waals surface area contributed by atoms with Crippen molar-refractivity contribution in [3.8, 4) is 0 Å². The molecule has 0 bridgehead atoms. The van der Waals surface area contributed by atoms with Crippen molar-refractivity contribution >= 4 is 5.69 Å². The summed E-state index contributed by atoms with van der Waals surface area (Å²) in [6.07, 6.45) is 6.88. The number of hydrogen-bond acceptors (Lipinski definition) is 2. The normalized spacial score (nSPS) is 16.9. The number of rotatable bonds is 5. The van der Waals surface area contributed by atoms with Crippen molar-refractivity contribution in [3.05, 3.63) is 42.0 Å². The fourth-order valence-electron chi connectivity index (χ4n) is 2.47. The van der Waals surface area contributed by atoms with Gasteiger partial charge >= 0.3 is 0 Å². The van der Waals surface area contributed by atoms with Crippen molar-refractivity contribution in [3.63, 3.8) is 0 Å². The van der Waals surface area contributed by atoms with Crippen LogP contribution in [0.4, 0.5) is 5.69 Å². The lowest BCUT2D eigenvalue weighted by molar-refractivity contribution is 0.569. The highest BCUT2D eigenvalue weighted by molar-refractivity contribution is 5.55. The summed E-state index contributed by atoms with van der Waals surface area (Å²) >= 11 is 0. The lowest BCUT2D eigenvalue weighted by Gasteiger charge is -2.29. The van der Waals surface area contributed by atoms with E-state index in [0.717, 1.165) is 26.1 Å². The van der Waals surface area contributed by atoms with Crippen molar-refractivity contribution in [1.82, 2.24) is 5.32 Å². The van der Waals surface area contributed by atoms with Crippen LogP contribution >= 0.6 is 0 Å². The third-order valence-electron chi connectivity index (χ3n) is 3.50. The average Bonchev–Trinajstić information content (AvgIpc) is 2.45. The maximum absolute atomic E-state index is 3.58. The SMILES string of the molecule is CCCNC(C)c1ccccc1N1CC=CCC1. The molecule has 1 aromatic carbocycles. The molecule has 0 aromatic heterocycles. The molecule has 0 saturated heterocycles. The van der Waals surface area contributed by atoms with E-state index in [9.17, 15) is 0 Å². The van der Waals surface area contributed by atoms with E-state index in [1.807, 2.05) is 0 Å². The minimum absolute atomic E-state index is 0.423. The molecule has 0 saturated carbocycles. The number of para-hydroxylation sites is 1. The maximum atomic E-state index is 3.58. The predicted molar refractivity (Wildman–Crippen MR) is 79.1 cm³/mol. The van der Waals surface area contributed by atoms with Crippen LogP contribution in [0.5, 0.6) is 0 Å². The van der Waals surface area contributed by atoms with E-state index in [0.29, 0.717) is 6.04 Å². The van der Waals surface area contributed by atoms with E-state index in [1.54, 1.807) is 0 Å². The first-order chi connectivity index (χ1) is 8.83. The van der Waals surface area contributed by atoms with E-state index < -0.39 is 0 Å². The topological polar surface area (TPSA) is 15.3 Å². The standard InChI is InChI=1S/C16H24N2/c1-3-11-17-14(2)15-9-5-6-10-16(15)18-12-7-4-8-13-18/h4-7,9-10,14,17H,3,8,11-13H2,1-2H3. The molecule has 1 N–H and O–H groups in total. The molecule has 2 nitrogen and oxygen atoms in total. The minimum atomic E-state index is 0.423. The summed E-state index contributed by atoms with van der Waals surface area (Å²) < 4.78 is 0. The molecule has 18 heavy (non-hydrogen) atoms. The van der Waals surface area contributed by atoms with Crippen LogP contribution in [-0.2, 0) is 0 Å². The Morgan fingerprint density at radius 1 is 1.28 bits per heavy atom. The number of nitrogens with zero attached hydrogens (tertiary/aromatic N) is 1. The maximum Gasteiger partial charge on any atom is 0.0417 e. The van der Waals surface area contributed by atoms with E-state index in [2.05, 4.69) is 60.5 Å². The molecule has 1 unspecified atom stereocenters. The Balaban J connectivity index is 2.16. The lowest BCUT2D eigenvalue weighted by atomic mass is 10.0. The molecule has 1 aliphatic heterocycles. The molecule has 2 heteroatoms. The third kappa shape index (κ3) is 3.14. The van der Waals surface area contributed by atoms with Crippen LogP contribution in [0.15, 0.2) is 36.4 Å². The monoisotopic (exact) mass is 244 g/mol. The van der Waals surface area contributed by atoms with E-state index in [-0.39, 0.29) is 0 Å². The second-order valence-corrected chi connectivity index (χ2v) is 4.94. The minimum Gasteiger partial charge on any atom is -0.367 e. The summed E-state index contributed by atoms with van der Waals surface area (Å²) in [7, 11) is 0. The van der Waals surface area contributed by atoms with Gasteiger partial charge in [0.1, 0.15) is 0 Å². The highest BCUT2D eigenvalue weighted by Crippen LogP contribution is 2.27. The van der Waals surface area contributed by atoms with Crippen LogP contribution in [0.25, 0.3) is 0 Å². The Bertz CT molecular complexity index is 398. The summed E-state index contributed by atoms with van der Waals surface area (Å²) in [6, 6.07) is 9.21. The van der Waals surface area contributed by atoms with E-state index in [1.165, 1.54) is 17.7 Å². The van der Waals surface area contributed by atoms with Gasteiger partial charge in [0.05, 0.1) is 0 Å². The highest BCUT2D eigenvalue weighted by atomic mass is 15.1. The van der Waals surface area contributed by atoms with Crippen LogP contribution in [0.2, 0.25) is 0 Å². The van der Waals surface area contributed by atoms with Crippen LogP contribution in [0, 0.1) is 0 Å². The van der Waals surface area contributed by atoms with Crippen LogP contribution in [0.1, 0.15) is 38.3 Å². The van der Waals surface area contributed by atoms with Crippen LogP contribution in [0.3, 0.4) is 0 Å². The van der Waals surface area contributed by atoms with Crippen molar-refractivity contribution in [1.29, 1.82) is 0 Å². The fraction of sp³-hybridized carbons (Fsp3) is 0.500. The highest BCUT2D eigenvalue weighted by Gasteiger charge is 2.14. The van der Waals surface area contributed by atoms with Gasteiger partial charge < -0.3 is 10.2 Å². The first-order valence-electron chi connectivity index (χ1n) is 7.05. The molecular weight excluding hydrogens is 220 g/mol. The summed E-state index contributed by atoms with van der Waals surface area (Å²) in [5.74, 6) is 0. The smallest absolute Gasteiger partial charge is 0.0417 e. The summed E-state index contributed by atoms with van der Waals surface area (Å²) in [5.41, 5.74) is 2.80. The van der Waals surface area contributed by atoms with Gasteiger partial charge in [-0.2, -0.15) is 0 Å². The number of benzene rings is 1. The second-order valence-electron chi connectivity index (χ2n) is 4.94. The average molecular weight is 244 g/mol. The Morgan fingerprint density at radius 2 is 2.11 bits per heavy atom. The van der Waals surface area contributed by atoms with Gasteiger partial charge in [0.15, 0.2) is 0 Å². The first-order valence-corrected chi connectivity index (χ1v) is 7.05. The van der Waals surface area contributed by atoms with Crippen molar-refractivity contribution in [2.75, 3.05) is 24.5 Å². The molecule has 1 aromatic rings. The fourth-order valence-corrected chi connectivity index (χ4v) is 2.47. The third-order valence-corrected chi connectivity index (χ3v) is 3.50. The Kier molecular flexibility index (Phi) is 4.82. The molecule has 0 fully saturated rings. The van der Waals surface area contributed by atoms with Crippen molar-refractivity contribution in [2.24, 2.45) is 0 Å². The summed E-state index contributed by atoms with van der Waals surface area (Å²) in [5, 5.41) is 3.58. The first kappa shape index (κ1) is 13.2. The lowest BCUT2D eigenvalue weighted by Crippen LogP contribution is -2.29. The Labute approximate surface area is 111 Å². The van der Waals surface area contributed by atoms with Crippen molar-refractivity contribution in [2.45, 2.75) is 32.7 Å². The summed E-state index contributed by atoms with van der Waals surface area (Å²) in [4.78, 5) is 2.47. The zero-order valence-electron chi connectivity index (χ0n) is 11.5. The van der Waals surface area contributed by atoms with E-state index in [4.69, 9.17) is 0 Å². The quantitative estimate of drug-likeness (QED) is 0.797. The van der Waals surface area contributed by atoms with Gasteiger partial charge in [0.2, 0.25) is 0 Å². The molecule has 2 rings (SSSR count). The van der Waals surface area contributed by atoms with Gasteiger partial charge in [-0.3, -0.25) is 0 Å². The Morgan fingerprint density at radius 3 is 2.83 bits per heavy atom. The van der Waals surface area contributed by atoms with Gasteiger partial charge in [-0.15, -0.1) is 0 Å². The Hall–Kier alpha value is -1.28. The van der Waals surface area contributed by atoms with E-state index >= 15 is 0 Å². The van der Waals surface area contributed by atoms with Gasteiger partial charge in [0, 0.05) is 24.8 Å². The molecule has 1 aliphatic rings. The summed E-state index contributed by atoms with van der Waals surface area (Å²) in [6.45, 7) is 7.72. The molecule has 0 aliphatic carbocycles. The molecule has 0 radical (unpaired) electrons. The van der Waals surface area contributed by atoms with Crippen LogP contribution < -0.4 is 10.2 Å².